The highest BCUT2D eigenvalue weighted by molar-refractivity contribution is 5.80. The number of carboxylic acids is 1. The molecule has 0 aromatic carbocycles. The molecule has 3 atom stereocenters. The van der Waals surface area contributed by atoms with Crippen LogP contribution in [0.1, 0.15) is 19.8 Å². The molecular formula is C12H20N2O3. The van der Waals surface area contributed by atoms with Crippen LogP contribution in [0.25, 0.3) is 0 Å². The first-order chi connectivity index (χ1) is 8.08. The van der Waals surface area contributed by atoms with Crippen molar-refractivity contribution in [2.24, 2.45) is 17.8 Å². The fourth-order valence-corrected chi connectivity index (χ4v) is 2.82. The number of likely N-dealkylation sites (tertiary alicyclic amines) is 1. The Balaban J connectivity index is 1.87. The first-order valence-corrected chi connectivity index (χ1v) is 6.29. The summed E-state index contributed by atoms with van der Waals surface area (Å²) in [5, 5.41) is 12.0. The van der Waals surface area contributed by atoms with Crippen LogP contribution in [0, 0.1) is 17.8 Å². The standard InChI is InChI=1S/C12H20N2O3/c1-8-5-13-6-10(8)12(17)14-3-2-9(7-14)4-11(15)16/h8-10,13H,2-7H2,1H3,(H,15,16). The van der Waals surface area contributed by atoms with Crippen molar-refractivity contribution in [2.75, 3.05) is 26.2 Å². The van der Waals surface area contributed by atoms with Crippen molar-refractivity contribution >= 4 is 11.9 Å². The molecule has 0 bridgehead atoms. The van der Waals surface area contributed by atoms with Crippen LogP contribution >= 0.6 is 0 Å². The molecule has 0 spiro atoms. The Morgan fingerprint density at radius 2 is 2.18 bits per heavy atom. The lowest BCUT2D eigenvalue weighted by Crippen LogP contribution is -2.37. The minimum absolute atomic E-state index is 0.0820. The number of nitrogens with zero attached hydrogens (tertiary/aromatic N) is 1. The van der Waals surface area contributed by atoms with Crippen molar-refractivity contribution in [1.82, 2.24) is 10.2 Å². The van der Waals surface area contributed by atoms with Gasteiger partial charge in [-0.1, -0.05) is 6.92 Å². The predicted octanol–water partition coefficient (Wildman–Crippen LogP) is 0.165. The van der Waals surface area contributed by atoms with Crippen LogP contribution < -0.4 is 5.32 Å². The molecule has 2 fully saturated rings. The van der Waals surface area contributed by atoms with E-state index in [0.717, 1.165) is 26.1 Å². The van der Waals surface area contributed by atoms with Crippen LogP contribution in [0.2, 0.25) is 0 Å². The third-order valence-corrected chi connectivity index (χ3v) is 3.90. The Labute approximate surface area is 101 Å². The van der Waals surface area contributed by atoms with Gasteiger partial charge in [0.25, 0.3) is 0 Å². The molecule has 0 aliphatic carbocycles. The summed E-state index contributed by atoms with van der Waals surface area (Å²) in [5.74, 6) is 0.0521. The lowest BCUT2D eigenvalue weighted by atomic mass is 9.97. The van der Waals surface area contributed by atoms with E-state index in [-0.39, 0.29) is 24.2 Å². The molecule has 3 unspecified atom stereocenters. The summed E-state index contributed by atoms with van der Waals surface area (Å²) in [4.78, 5) is 24.7. The number of aliphatic carboxylic acids is 1. The van der Waals surface area contributed by atoms with Crippen LogP contribution in [0.5, 0.6) is 0 Å². The highest BCUT2D eigenvalue weighted by Gasteiger charge is 2.36. The maximum Gasteiger partial charge on any atom is 0.303 e. The molecule has 2 N–H and O–H groups in total. The van der Waals surface area contributed by atoms with Gasteiger partial charge in [0.15, 0.2) is 0 Å². The van der Waals surface area contributed by atoms with Gasteiger partial charge in [-0.05, 0) is 24.8 Å². The Kier molecular flexibility index (Phi) is 3.66. The largest absolute Gasteiger partial charge is 0.481 e. The molecule has 0 aromatic rings. The molecule has 2 saturated heterocycles. The Bertz CT molecular complexity index is 319. The summed E-state index contributed by atoms with van der Waals surface area (Å²) in [6, 6.07) is 0. The summed E-state index contributed by atoms with van der Waals surface area (Å²) in [6.45, 7) is 5.10. The van der Waals surface area contributed by atoms with Gasteiger partial charge >= 0.3 is 5.97 Å². The number of nitrogens with one attached hydrogen (secondary N) is 1. The maximum absolute atomic E-state index is 12.2. The van der Waals surface area contributed by atoms with Crippen molar-refractivity contribution in [3.05, 3.63) is 0 Å². The topological polar surface area (TPSA) is 69.6 Å². The second-order valence-electron chi connectivity index (χ2n) is 5.28. The highest BCUT2D eigenvalue weighted by atomic mass is 16.4. The van der Waals surface area contributed by atoms with Gasteiger partial charge in [-0.15, -0.1) is 0 Å². The van der Waals surface area contributed by atoms with E-state index in [4.69, 9.17) is 5.11 Å². The molecule has 2 aliphatic heterocycles. The van der Waals surface area contributed by atoms with Crippen molar-refractivity contribution in [3.8, 4) is 0 Å². The highest BCUT2D eigenvalue weighted by Crippen LogP contribution is 2.25. The number of carbonyl (C=O) groups is 2. The SMILES string of the molecule is CC1CNCC1C(=O)N1CCC(CC(=O)O)C1. The monoisotopic (exact) mass is 240 g/mol. The van der Waals surface area contributed by atoms with Crippen LogP contribution in [-0.2, 0) is 9.59 Å². The van der Waals surface area contributed by atoms with Crippen molar-refractivity contribution < 1.29 is 14.7 Å². The van der Waals surface area contributed by atoms with E-state index in [0.29, 0.717) is 12.5 Å². The van der Waals surface area contributed by atoms with E-state index in [2.05, 4.69) is 12.2 Å². The van der Waals surface area contributed by atoms with E-state index in [9.17, 15) is 9.59 Å². The summed E-state index contributed by atoms with van der Waals surface area (Å²) in [5.41, 5.74) is 0. The van der Waals surface area contributed by atoms with Crippen molar-refractivity contribution in [3.63, 3.8) is 0 Å². The minimum Gasteiger partial charge on any atom is -0.481 e. The summed E-state index contributed by atoms with van der Waals surface area (Å²) in [6.07, 6.45) is 1.01. The molecule has 2 heterocycles. The molecule has 0 saturated carbocycles. The molecule has 1 amide bonds. The lowest BCUT2D eigenvalue weighted by Gasteiger charge is -2.22. The number of carbonyl (C=O) groups excluding carboxylic acids is 1. The Hall–Kier alpha value is -1.10. The number of amides is 1. The molecule has 2 aliphatic rings. The van der Waals surface area contributed by atoms with Gasteiger partial charge < -0.3 is 15.3 Å². The maximum atomic E-state index is 12.2. The number of hydrogen-bond donors (Lipinski definition) is 2. The second-order valence-corrected chi connectivity index (χ2v) is 5.28. The van der Waals surface area contributed by atoms with E-state index in [1.807, 2.05) is 4.90 Å². The van der Waals surface area contributed by atoms with Crippen molar-refractivity contribution in [2.45, 2.75) is 19.8 Å². The molecule has 5 nitrogen and oxygen atoms in total. The number of hydrogen-bond acceptors (Lipinski definition) is 3. The summed E-state index contributed by atoms with van der Waals surface area (Å²) >= 11 is 0. The molecular weight excluding hydrogens is 220 g/mol. The molecule has 17 heavy (non-hydrogen) atoms. The van der Waals surface area contributed by atoms with Crippen molar-refractivity contribution in [1.29, 1.82) is 0 Å². The second kappa shape index (κ2) is 5.04. The summed E-state index contributed by atoms with van der Waals surface area (Å²) < 4.78 is 0. The van der Waals surface area contributed by atoms with Gasteiger partial charge in [0.2, 0.25) is 5.91 Å². The molecule has 5 heteroatoms. The zero-order valence-corrected chi connectivity index (χ0v) is 10.2. The third-order valence-electron chi connectivity index (χ3n) is 3.90. The number of rotatable bonds is 3. The van der Waals surface area contributed by atoms with Gasteiger partial charge in [-0.3, -0.25) is 9.59 Å². The molecule has 96 valence electrons. The van der Waals surface area contributed by atoms with Gasteiger partial charge in [0, 0.05) is 26.1 Å². The quantitative estimate of drug-likeness (QED) is 0.737. The van der Waals surface area contributed by atoms with Gasteiger partial charge in [-0.25, -0.2) is 0 Å². The zero-order chi connectivity index (χ0) is 12.4. The predicted molar refractivity (Wildman–Crippen MR) is 62.5 cm³/mol. The molecule has 0 aromatic heterocycles. The van der Waals surface area contributed by atoms with Gasteiger partial charge in [0.1, 0.15) is 0 Å². The van der Waals surface area contributed by atoms with Crippen LogP contribution in [0.4, 0.5) is 0 Å². The molecule has 2 rings (SSSR count). The first kappa shape index (κ1) is 12.4. The van der Waals surface area contributed by atoms with E-state index >= 15 is 0 Å². The van der Waals surface area contributed by atoms with E-state index in [1.165, 1.54) is 0 Å². The summed E-state index contributed by atoms with van der Waals surface area (Å²) in [7, 11) is 0. The first-order valence-electron chi connectivity index (χ1n) is 6.29. The van der Waals surface area contributed by atoms with Crippen LogP contribution in [-0.4, -0.2) is 48.1 Å². The Morgan fingerprint density at radius 1 is 1.41 bits per heavy atom. The van der Waals surface area contributed by atoms with Crippen LogP contribution in [0.3, 0.4) is 0 Å². The molecule has 0 radical (unpaired) electrons. The zero-order valence-electron chi connectivity index (χ0n) is 10.2. The third kappa shape index (κ3) is 2.77. The lowest BCUT2D eigenvalue weighted by molar-refractivity contribution is -0.139. The smallest absolute Gasteiger partial charge is 0.303 e. The van der Waals surface area contributed by atoms with E-state index in [1.54, 1.807) is 0 Å². The fraction of sp³-hybridized carbons (Fsp3) is 0.833. The van der Waals surface area contributed by atoms with Gasteiger partial charge in [0.05, 0.1) is 5.92 Å². The average Bonchev–Trinajstić information content (AvgIpc) is 2.85. The normalized spacial score (nSPS) is 33.0. The minimum atomic E-state index is -0.764. The average molecular weight is 240 g/mol. The van der Waals surface area contributed by atoms with Gasteiger partial charge in [-0.2, -0.15) is 0 Å². The fourth-order valence-electron chi connectivity index (χ4n) is 2.82. The number of carboxylic acid groups (broad SMARTS) is 1. The Morgan fingerprint density at radius 3 is 2.76 bits per heavy atom. The van der Waals surface area contributed by atoms with Crippen LogP contribution in [0.15, 0.2) is 0 Å². The van der Waals surface area contributed by atoms with E-state index < -0.39 is 5.97 Å².